The molecule has 0 saturated carbocycles. The molecule has 0 fully saturated rings. The summed E-state index contributed by atoms with van der Waals surface area (Å²) < 4.78 is 5.13. The molecule has 7 heteroatoms. The van der Waals surface area contributed by atoms with Crippen LogP contribution < -0.4 is 10.6 Å². The number of carbonyl (C=O) groups excluding carboxylic acids is 3. The molecule has 0 unspecified atom stereocenters. The molecule has 0 radical (unpaired) electrons. The van der Waals surface area contributed by atoms with Crippen molar-refractivity contribution in [2.45, 2.75) is 39.7 Å². The molecule has 0 aliphatic carbocycles. The van der Waals surface area contributed by atoms with Crippen LogP contribution in [0.3, 0.4) is 0 Å². The highest BCUT2D eigenvalue weighted by Gasteiger charge is 2.27. The Morgan fingerprint density at radius 3 is 2.17 bits per heavy atom. The number of esters is 1. The first-order valence-electron chi connectivity index (χ1n) is 9.81. The molecule has 0 heterocycles. The summed E-state index contributed by atoms with van der Waals surface area (Å²) in [6.07, 6.45) is 0. The minimum absolute atomic E-state index is 0.240. The van der Waals surface area contributed by atoms with Crippen molar-refractivity contribution in [1.82, 2.24) is 5.32 Å². The summed E-state index contributed by atoms with van der Waals surface area (Å²) in [5.41, 5.74) is 2.04. The fraction of sp³-hybridized carbons (Fsp3) is 0.348. The lowest BCUT2D eigenvalue weighted by Crippen LogP contribution is -2.46. The van der Waals surface area contributed by atoms with Gasteiger partial charge >= 0.3 is 5.97 Å². The molecule has 6 nitrogen and oxygen atoms in total. The number of halogens is 1. The van der Waals surface area contributed by atoms with Crippen LogP contribution in [0.25, 0.3) is 0 Å². The van der Waals surface area contributed by atoms with Crippen molar-refractivity contribution in [3.63, 3.8) is 0 Å². The van der Waals surface area contributed by atoms with Gasteiger partial charge in [0.15, 0.2) is 6.61 Å². The van der Waals surface area contributed by atoms with Gasteiger partial charge in [0.1, 0.15) is 6.04 Å². The fourth-order valence-corrected chi connectivity index (χ4v) is 2.96. The maximum absolute atomic E-state index is 12.5. The molecule has 2 amide bonds. The Morgan fingerprint density at radius 2 is 1.60 bits per heavy atom. The summed E-state index contributed by atoms with van der Waals surface area (Å²) in [6, 6.07) is 13.1. The van der Waals surface area contributed by atoms with Gasteiger partial charge in [-0.3, -0.25) is 9.59 Å². The summed E-state index contributed by atoms with van der Waals surface area (Å²) in [4.78, 5) is 37.0. The van der Waals surface area contributed by atoms with Crippen molar-refractivity contribution in [2.24, 2.45) is 5.92 Å². The molecule has 0 aliphatic rings. The second-order valence-electron chi connectivity index (χ2n) is 7.61. The van der Waals surface area contributed by atoms with Crippen molar-refractivity contribution in [2.75, 3.05) is 11.9 Å². The smallest absolute Gasteiger partial charge is 0.329 e. The lowest BCUT2D eigenvalue weighted by Gasteiger charge is -2.21. The second-order valence-corrected chi connectivity index (χ2v) is 8.01. The van der Waals surface area contributed by atoms with Gasteiger partial charge in [-0.15, -0.1) is 0 Å². The largest absolute Gasteiger partial charge is 0.454 e. The Bertz CT molecular complexity index is 894. The van der Waals surface area contributed by atoms with Gasteiger partial charge in [-0.25, -0.2) is 4.79 Å². The quantitative estimate of drug-likeness (QED) is 0.608. The lowest BCUT2D eigenvalue weighted by atomic mass is 10.0. The van der Waals surface area contributed by atoms with Crippen molar-refractivity contribution >= 4 is 35.1 Å². The minimum atomic E-state index is -0.910. The van der Waals surface area contributed by atoms with Crippen molar-refractivity contribution in [3.05, 3.63) is 64.7 Å². The molecule has 0 saturated heterocycles. The van der Waals surface area contributed by atoms with Crippen LogP contribution in [0.15, 0.2) is 48.5 Å². The zero-order valence-electron chi connectivity index (χ0n) is 17.6. The van der Waals surface area contributed by atoms with Gasteiger partial charge in [0.25, 0.3) is 11.8 Å². The summed E-state index contributed by atoms with van der Waals surface area (Å²) in [6.45, 7) is 7.27. The molecule has 160 valence electrons. The van der Waals surface area contributed by atoms with E-state index in [1.807, 2.05) is 12.1 Å². The molecule has 1 atom stereocenters. The minimum Gasteiger partial charge on any atom is -0.454 e. The number of hydrogen-bond donors (Lipinski definition) is 2. The monoisotopic (exact) mass is 430 g/mol. The molecular formula is C23H27ClN2O4. The van der Waals surface area contributed by atoms with E-state index in [-0.39, 0.29) is 16.5 Å². The standard InChI is InChI=1S/C23H27ClN2O4/c1-14(2)16-9-11-17(12-10-16)25-20(27)13-30-23(29)21(15(3)4)26-22(28)18-7-5-6-8-19(18)24/h5-12,14-15,21H,13H2,1-4H3,(H,25,27)(H,26,28)/t21-/m0/s1. The highest BCUT2D eigenvalue weighted by atomic mass is 35.5. The number of rotatable bonds is 8. The number of benzene rings is 2. The van der Waals surface area contributed by atoms with Crippen molar-refractivity contribution in [3.8, 4) is 0 Å². The molecular weight excluding hydrogens is 404 g/mol. The molecule has 2 rings (SSSR count). The fourth-order valence-electron chi connectivity index (χ4n) is 2.74. The predicted octanol–water partition coefficient (Wildman–Crippen LogP) is 4.40. The molecule has 0 aliphatic heterocycles. The maximum Gasteiger partial charge on any atom is 0.329 e. The highest BCUT2D eigenvalue weighted by Crippen LogP contribution is 2.17. The summed E-state index contributed by atoms with van der Waals surface area (Å²) in [5.74, 6) is -1.47. The molecule has 2 aromatic carbocycles. The van der Waals surface area contributed by atoms with Gasteiger partial charge in [0, 0.05) is 5.69 Å². The third-order valence-electron chi connectivity index (χ3n) is 4.53. The zero-order chi connectivity index (χ0) is 22.3. The highest BCUT2D eigenvalue weighted by molar-refractivity contribution is 6.33. The van der Waals surface area contributed by atoms with Crippen LogP contribution in [0.5, 0.6) is 0 Å². The molecule has 0 aromatic heterocycles. The van der Waals surface area contributed by atoms with E-state index in [2.05, 4.69) is 24.5 Å². The Kier molecular flexibility index (Phi) is 8.42. The van der Waals surface area contributed by atoms with Crippen molar-refractivity contribution < 1.29 is 19.1 Å². The van der Waals surface area contributed by atoms with Crippen LogP contribution >= 0.6 is 11.6 Å². The van der Waals surface area contributed by atoms with Crippen LogP contribution in [-0.2, 0) is 14.3 Å². The van der Waals surface area contributed by atoms with Gasteiger partial charge in [0.2, 0.25) is 0 Å². The van der Waals surface area contributed by atoms with Crippen LogP contribution in [0.1, 0.15) is 49.5 Å². The molecule has 2 aromatic rings. The Morgan fingerprint density at radius 1 is 0.967 bits per heavy atom. The first kappa shape index (κ1) is 23.4. The third kappa shape index (κ3) is 6.59. The SMILES string of the molecule is CC(C)c1ccc(NC(=O)COC(=O)[C@@H](NC(=O)c2ccccc2Cl)C(C)C)cc1. The molecule has 0 spiro atoms. The van der Waals surface area contributed by atoms with Crippen molar-refractivity contribution in [1.29, 1.82) is 0 Å². The van der Waals surface area contributed by atoms with E-state index in [1.54, 1.807) is 50.2 Å². The van der Waals surface area contributed by atoms with E-state index in [0.717, 1.165) is 5.56 Å². The first-order valence-corrected chi connectivity index (χ1v) is 10.2. The average molecular weight is 431 g/mol. The van der Waals surface area contributed by atoms with E-state index < -0.39 is 30.4 Å². The zero-order valence-corrected chi connectivity index (χ0v) is 18.3. The average Bonchev–Trinajstić information content (AvgIpc) is 2.70. The molecule has 0 bridgehead atoms. The normalized spacial score (nSPS) is 11.8. The van der Waals surface area contributed by atoms with E-state index >= 15 is 0 Å². The Balaban J connectivity index is 1.92. The summed E-state index contributed by atoms with van der Waals surface area (Å²) in [7, 11) is 0. The first-order chi connectivity index (χ1) is 14.2. The number of carbonyl (C=O) groups is 3. The number of anilines is 1. The second kappa shape index (κ2) is 10.8. The third-order valence-corrected chi connectivity index (χ3v) is 4.86. The van der Waals surface area contributed by atoms with Gasteiger partial charge in [-0.2, -0.15) is 0 Å². The number of ether oxygens (including phenoxy) is 1. The van der Waals surface area contributed by atoms with Crippen LogP contribution in [-0.4, -0.2) is 30.4 Å². The number of amides is 2. The van der Waals surface area contributed by atoms with Gasteiger partial charge in [-0.05, 0) is 41.7 Å². The number of nitrogens with one attached hydrogen (secondary N) is 2. The van der Waals surface area contributed by atoms with Crippen LogP contribution in [0.4, 0.5) is 5.69 Å². The number of hydrogen-bond acceptors (Lipinski definition) is 4. The molecule has 30 heavy (non-hydrogen) atoms. The summed E-state index contributed by atoms with van der Waals surface area (Å²) >= 11 is 6.04. The van der Waals surface area contributed by atoms with Gasteiger partial charge < -0.3 is 15.4 Å². The van der Waals surface area contributed by atoms with Crippen LogP contribution in [0.2, 0.25) is 5.02 Å². The Labute approximate surface area is 182 Å². The van der Waals surface area contributed by atoms with Gasteiger partial charge in [-0.1, -0.05) is 63.6 Å². The predicted molar refractivity (Wildman–Crippen MR) is 118 cm³/mol. The topological polar surface area (TPSA) is 84.5 Å². The Hall–Kier alpha value is -2.86. The van der Waals surface area contributed by atoms with E-state index in [0.29, 0.717) is 11.6 Å². The van der Waals surface area contributed by atoms with E-state index in [9.17, 15) is 14.4 Å². The van der Waals surface area contributed by atoms with E-state index in [1.165, 1.54) is 0 Å². The lowest BCUT2D eigenvalue weighted by molar-refractivity contribution is -0.150. The molecule has 2 N–H and O–H groups in total. The van der Waals surface area contributed by atoms with E-state index in [4.69, 9.17) is 16.3 Å². The van der Waals surface area contributed by atoms with Gasteiger partial charge in [0.05, 0.1) is 10.6 Å². The maximum atomic E-state index is 12.5. The van der Waals surface area contributed by atoms with Crippen LogP contribution in [0, 0.1) is 5.92 Å². The summed E-state index contributed by atoms with van der Waals surface area (Å²) in [5, 5.41) is 5.60.